The quantitative estimate of drug-likeness (QED) is 0.820. The van der Waals surface area contributed by atoms with E-state index >= 15 is 0 Å². The van der Waals surface area contributed by atoms with Crippen molar-refractivity contribution < 1.29 is 26.7 Å². The first-order valence-corrected chi connectivity index (χ1v) is 10.2. The first-order chi connectivity index (χ1) is 13.3. The van der Waals surface area contributed by atoms with Gasteiger partial charge < -0.3 is 10.1 Å². The average Bonchev–Trinajstić information content (AvgIpc) is 2.70. The van der Waals surface area contributed by atoms with Gasteiger partial charge in [-0.15, -0.1) is 0 Å². The lowest BCUT2D eigenvalue weighted by molar-refractivity contribution is 0.102. The van der Waals surface area contributed by atoms with Gasteiger partial charge in [-0.2, -0.15) is 4.31 Å². The topological polar surface area (TPSA) is 75.7 Å². The van der Waals surface area contributed by atoms with E-state index in [4.69, 9.17) is 4.74 Å². The van der Waals surface area contributed by atoms with Gasteiger partial charge in [-0.3, -0.25) is 4.79 Å². The Morgan fingerprint density at radius 1 is 1.07 bits per heavy atom. The molecule has 9 heteroatoms. The van der Waals surface area contributed by atoms with E-state index in [1.54, 1.807) is 0 Å². The third kappa shape index (κ3) is 4.15. The zero-order chi connectivity index (χ0) is 20.3. The molecule has 1 heterocycles. The van der Waals surface area contributed by atoms with E-state index in [1.807, 2.05) is 0 Å². The number of carbonyl (C=O) groups excluding carboxylic acids is 1. The number of rotatable bonds is 5. The zero-order valence-electron chi connectivity index (χ0n) is 15.2. The molecule has 1 amide bonds. The van der Waals surface area contributed by atoms with Gasteiger partial charge in [0.25, 0.3) is 5.91 Å². The van der Waals surface area contributed by atoms with Crippen LogP contribution in [0.4, 0.5) is 14.5 Å². The minimum absolute atomic E-state index is 0.0140. The van der Waals surface area contributed by atoms with Gasteiger partial charge in [0.05, 0.1) is 12.8 Å². The summed E-state index contributed by atoms with van der Waals surface area (Å²) in [4.78, 5) is 12.4. The molecule has 1 saturated heterocycles. The molecule has 0 aromatic heterocycles. The number of amides is 1. The number of sulfonamides is 1. The Kier molecular flexibility index (Phi) is 5.95. The number of hydrogen-bond acceptors (Lipinski definition) is 4. The van der Waals surface area contributed by atoms with Crippen LogP contribution in [0.3, 0.4) is 0 Å². The first kappa shape index (κ1) is 20.2. The summed E-state index contributed by atoms with van der Waals surface area (Å²) >= 11 is 0. The Labute approximate surface area is 162 Å². The highest BCUT2D eigenvalue weighted by molar-refractivity contribution is 7.89. The summed E-state index contributed by atoms with van der Waals surface area (Å²) in [7, 11) is -2.50. The molecule has 2 aromatic rings. The zero-order valence-corrected chi connectivity index (χ0v) is 16.1. The monoisotopic (exact) mass is 410 g/mol. The minimum Gasteiger partial charge on any atom is -0.495 e. The van der Waals surface area contributed by atoms with E-state index in [9.17, 15) is 22.0 Å². The maximum absolute atomic E-state index is 13.8. The molecule has 150 valence electrons. The lowest BCUT2D eigenvalue weighted by Gasteiger charge is -2.26. The van der Waals surface area contributed by atoms with Crippen molar-refractivity contribution in [2.24, 2.45) is 0 Å². The van der Waals surface area contributed by atoms with Crippen molar-refractivity contribution in [3.05, 3.63) is 53.6 Å². The number of nitrogens with one attached hydrogen (secondary N) is 1. The normalized spacial score (nSPS) is 15.2. The molecule has 0 aliphatic carbocycles. The second kappa shape index (κ2) is 8.24. The van der Waals surface area contributed by atoms with E-state index in [2.05, 4.69) is 5.32 Å². The second-order valence-corrected chi connectivity index (χ2v) is 8.32. The summed E-state index contributed by atoms with van der Waals surface area (Å²) in [6.07, 6.45) is 2.51. The molecule has 0 saturated carbocycles. The van der Waals surface area contributed by atoms with Gasteiger partial charge in [-0.1, -0.05) is 6.42 Å². The van der Waals surface area contributed by atoms with E-state index in [0.717, 1.165) is 31.4 Å². The molecule has 3 rings (SSSR count). The van der Waals surface area contributed by atoms with E-state index in [0.29, 0.717) is 19.2 Å². The molecule has 1 fully saturated rings. The summed E-state index contributed by atoms with van der Waals surface area (Å²) in [5.41, 5.74) is -0.192. The third-order valence-electron chi connectivity index (χ3n) is 4.54. The standard InChI is InChI=1S/C19H20F2N2O4S/c1-27-17-8-5-13(19(24)22-16-7-6-14(20)12-15(16)21)11-18(17)28(25,26)23-9-3-2-4-10-23/h5-8,11-12H,2-4,9-10H2,1H3,(H,22,24). The average molecular weight is 410 g/mol. The summed E-state index contributed by atoms with van der Waals surface area (Å²) in [5, 5.41) is 2.32. The highest BCUT2D eigenvalue weighted by Crippen LogP contribution is 2.30. The number of benzene rings is 2. The van der Waals surface area contributed by atoms with Crippen LogP contribution in [0.15, 0.2) is 41.3 Å². The van der Waals surface area contributed by atoms with Crippen LogP contribution in [0.5, 0.6) is 5.75 Å². The fourth-order valence-electron chi connectivity index (χ4n) is 3.05. The molecule has 1 aliphatic heterocycles. The molecule has 0 bridgehead atoms. The molecule has 1 aliphatic rings. The maximum atomic E-state index is 13.8. The van der Waals surface area contributed by atoms with Crippen molar-refractivity contribution in [3.63, 3.8) is 0 Å². The molecular formula is C19H20F2N2O4S. The number of halogens is 2. The number of anilines is 1. The van der Waals surface area contributed by atoms with Crippen molar-refractivity contribution in [2.75, 3.05) is 25.5 Å². The predicted octanol–water partition coefficient (Wildman–Crippen LogP) is 3.40. The highest BCUT2D eigenvalue weighted by Gasteiger charge is 2.29. The fourth-order valence-corrected chi connectivity index (χ4v) is 4.75. The van der Waals surface area contributed by atoms with Crippen LogP contribution in [0.1, 0.15) is 29.6 Å². The van der Waals surface area contributed by atoms with E-state index in [-0.39, 0.29) is 21.9 Å². The minimum atomic E-state index is -3.84. The summed E-state index contributed by atoms with van der Waals surface area (Å²) < 4.78 is 59.3. The van der Waals surface area contributed by atoms with Crippen molar-refractivity contribution in [1.29, 1.82) is 0 Å². The van der Waals surface area contributed by atoms with E-state index < -0.39 is 27.6 Å². The fraction of sp³-hybridized carbons (Fsp3) is 0.316. The second-order valence-electron chi connectivity index (χ2n) is 6.41. The number of ether oxygens (including phenoxy) is 1. The van der Waals surface area contributed by atoms with Crippen molar-refractivity contribution in [3.8, 4) is 5.75 Å². The Balaban J connectivity index is 1.92. The van der Waals surface area contributed by atoms with Gasteiger partial charge in [0.1, 0.15) is 22.3 Å². The molecule has 0 radical (unpaired) electrons. The Hall–Kier alpha value is -2.52. The Bertz CT molecular complexity index is 989. The summed E-state index contributed by atoms with van der Waals surface area (Å²) in [6, 6.07) is 6.73. The Morgan fingerprint density at radius 3 is 2.43 bits per heavy atom. The number of piperidine rings is 1. The van der Waals surface area contributed by atoms with E-state index in [1.165, 1.54) is 29.6 Å². The molecule has 28 heavy (non-hydrogen) atoms. The summed E-state index contributed by atoms with van der Waals surface area (Å²) in [6.45, 7) is 0.811. The van der Waals surface area contributed by atoms with Gasteiger partial charge in [0.2, 0.25) is 10.0 Å². The van der Waals surface area contributed by atoms with Crippen LogP contribution < -0.4 is 10.1 Å². The van der Waals surface area contributed by atoms with Crippen molar-refractivity contribution in [2.45, 2.75) is 24.2 Å². The molecule has 0 spiro atoms. The lowest BCUT2D eigenvalue weighted by Crippen LogP contribution is -2.35. The van der Waals surface area contributed by atoms with Crippen LogP contribution in [-0.2, 0) is 10.0 Å². The number of hydrogen-bond donors (Lipinski definition) is 1. The predicted molar refractivity (Wildman–Crippen MR) is 99.9 cm³/mol. The third-order valence-corrected chi connectivity index (χ3v) is 6.46. The van der Waals surface area contributed by atoms with Crippen LogP contribution in [0.25, 0.3) is 0 Å². The van der Waals surface area contributed by atoms with Crippen LogP contribution >= 0.6 is 0 Å². The van der Waals surface area contributed by atoms with Crippen LogP contribution in [0.2, 0.25) is 0 Å². The van der Waals surface area contributed by atoms with Gasteiger partial charge in [0.15, 0.2) is 0 Å². The smallest absolute Gasteiger partial charge is 0.255 e. The van der Waals surface area contributed by atoms with Crippen molar-refractivity contribution in [1.82, 2.24) is 4.31 Å². The van der Waals surface area contributed by atoms with Crippen LogP contribution in [-0.4, -0.2) is 38.8 Å². The number of nitrogens with zero attached hydrogens (tertiary/aromatic N) is 1. The van der Waals surface area contributed by atoms with Crippen LogP contribution in [0, 0.1) is 11.6 Å². The SMILES string of the molecule is COc1ccc(C(=O)Nc2ccc(F)cc2F)cc1S(=O)(=O)N1CCCCC1. The summed E-state index contributed by atoms with van der Waals surface area (Å²) in [5.74, 6) is -2.30. The number of carbonyl (C=O) groups is 1. The molecule has 2 aromatic carbocycles. The number of methoxy groups -OCH3 is 1. The molecular weight excluding hydrogens is 390 g/mol. The Morgan fingerprint density at radius 2 is 1.79 bits per heavy atom. The largest absolute Gasteiger partial charge is 0.495 e. The maximum Gasteiger partial charge on any atom is 0.255 e. The molecule has 1 N–H and O–H groups in total. The van der Waals surface area contributed by atoms with Crippen molar-refractivity contribution >= 4 is 21.6 Å². The highest BCUT2D eigenvalue weighted by atomic mass is 32.2. The van der Waals surface area contributed by atoms with Gasteiger partial charge in [-0.25, -0.2) is 17.2 Å². The molecule has 6 nitrogen and oxygen atoms in total. The van der Waals surface area contributed by atoms with Gasteiger partial charge >= 0.3 is 0 Å². The lowest BCUT2D eigenvalue weighted by atomic mass is 10.2. The van der Waals surface area contributed by atoms with Gasteiger partial charge in [0, 0.05) is 24.7 Å². The first-order valence-electron chi connectivity index (χ1n) is 8.77. The van der Waals surface area contributed by atoms with Gasteiger partial charge in [-0.05, 0) is 43.2 Å². The molecule has 0 unspecified atom stereocenters. The molecule has 0 atom stereocenters.